The Morgan fingerprint density at radius 2 is 1.94 bits per heavy atom. The normalized spacial score (nSPS) is 21.2. The largest absolute Gasteiger partial charge is 0.497 e. The van der Waals surface area contributed by atoms with E-state index < -0.39 is 11.9 Å². The summed E-state index contributed by atoms with van der Waals surface area (Å²) < 4.78 is 22.1. The molecule has 0 aliphatic carbocycles. The molecule has 2 aromatic carbocycles. The molecule has 2 atom stereocenters. The van der Waals surface area contributed by atoms with Gasteiger partial charge < -0.3 is 34.5 Å². The summed E-state index contributed by atoms with van der Waals surface area (Å²) in [7, 11) is 4.97. The fourth-order valence-electron chi connectivity index (χ4n) is 4.43. The average molecular weight is 428 g/mol. The van der Waals surface area contributed by atoms with Crippen LogP contribution >= 0.6 is 0 Å². The van der Waals surface area contributed by atoms with Crippen LogP contribution in [0.15, 0.2) is 30.3 Å². The van der Waals surface area contributed by atoms with Gasteiger partial charge in [-0.2, -0.15) is 0 Å². The SMILES string of the molecule is COc1ccc(NC(=O)C2c3c(cc4c(c3OC)OCO4)CC[N+]2(C)CC(N)=O)cc1. The van der Waals surface area contributed by atoms with Crippen LogP contribution in [0.1, 0.15) is 17.2 Å². The van der Waals surface area contributed by atoms with Crippen LogP contribution in [0.25, 0.3) is 0 Å². The Morgan fingerprint density at radius 3 is 2.58 bits per heavy atom. The lowest BCUT2D eigenvalue weighted by Crippen LogP contribution is -2.58. The Labute approximate surface area is 180 Å². The molecule has 3 N–H and O–H groups in total. The number of likely N-dealkylation sites (N-methyl/N-ethyl adjacent to an activating group) is 1. The number of rotatable bonds is 6. The molecular formula is C22H26N3O6+. The van der Waals surface area contributed by atoms with E-state index in [1.807, 2.05) is 13.1 Å². The van der Waals surface area contributed by atoms with Crippen molar-refractivity contribution in [3.63, 3.8) is 0 Å². The zero-order chi connectivity index (χ0) is 22.2. The third-order valence-corrected chi connectivity index (χ3v) is 5.86. The van der Waals surface area contributed by atoms with Crippen LogP contribution in [0.4, 0.5) is 5.69 Å². The number of methoxy groups -OCH3 is 2. The lowest BCUT2D eigenvalue weighted by molar-refractivity contribution is -0.924. The lowest BCUT2D eigenvalue weighted by Gasteiger charge is -2.44. The highest BCUT2D eigenvalue weighted by molar-refractivity contribution is 5.96. The number of hydrogen-bond acceptors (Lipinski definition) is 6. The summed E-state index contributed by atoms with van der Waals surface area (Å²) in [5.74, 6) is 1.45. The van der Waals surface area contributed by atoms with E-state index in [2.05, 4.69) is 5.32 Å². The van der Waals surface area contributed by atoms with Gasteiger partial charge in [0.05, 0.1) is 33.4 Å². The van der Waals surface area contributed by atoms with Gasteiger partial charge in [-0.25, -0.2) is 0 Å². The second-order valence-corrected chi connectivity index (χ2v) is 7.91. The van der Waals surface area contributed by atoms with Gasteiger partial charge in [-0.05, 0) is 35.9 Å². The quantitative estimate of drug-likeness (QED) is 0.677. The fraction of sp³-hybridized carbons (Fsp3) is 0.364. The number of anilines is 1. The summed E-state index contributed by atoms with van der Waals surface area (Å²) in [6.45, 7) is 0.655. The van der Waals surface area contributed by atoms with Gasteiger partial charge in [-0.1, -0.05) is 0 Å². The highest BCUT2D eigenvalue weighted by Crippen LogP contribution is 2.51. The van der Waals surface area contributed by atoms with Crippen molar-refractivity contribution in [2.45, 2.75) is 12.5 Å². The maximum absolute atomic E-state index is 13.6. The van der Waals surface area contributed by atoms with Crippen molar-refractivity contribution in [1.82, 2.24) is 0 Å². The van der Waals surface area contributed by atoms with Crippen molar-refractivity contribution in [3.8, 4) is 23.0 Å². The molecule has 0 aromatic heterocycles. The summed E-state index contributed by atoms with van der Waals surface area (Å²) >= 11 is 0. The van der Waals surface area contributed by atoms with Crippen LogP contribution in [0.3, 0.4) is 0 Å². The van der Waals surface area contributed by atoms with Gasteiger partial charge in [0.2, 0.25) is 12.5 Å². The molecule has 164 valence electrons. The topological polar surface area (TPSA) is 109 Å². The molecule has 0 bridgehead atoms. The second-order valence-electron chi connectivity index (χ2n) is 7.91. The molecule has 2 aromatic rings. The molecule has 2 amide bonds. The minimum absolute atomic E-state index is 0.0116. The number of nitrogens with zero attached hydrogens (tertiary/aromatic N) is 1. The van der Waals surface area contributed by atoms with Crippen LogP contribution in [0.2, 0.25) is 0 Å². The number of primary amides is 1. The summed E-state index contributed by atoms with van der Waals surface area (Å²) in [6.07, 6.45) is 0.637. The Hall–Kier alpha value is -3.46. The van der Waals surface area contributed by atoms with E-state index in [4.69, 9.17) is 24.7 Å². The van der Waals surface area contributed by atoms with Gasteiger partial charge in [0, 0.05) is 12.1 Å². The van der Waals surface area contributed by atoms with E-state index in [9.17, 15) is 9.59 Å². The Bertz CT molecular complexity index is 1020. The number of carbonyl (C=O) groups excluding carboxylic acids is 2. The first-order valence-corrected chi connectivity index (χ1v) is 9.93. The zero-order valence-corrected chi connectivity index (χ0v) is 17.8. The Balaban J connectivity index is 1.79. The van der Waals surface area contributed by atoms with E-state index in [-0.39, 0.29) is 23.7 Å². The lowest BCUT2D eigenvalue weighted by atomic mass is 9.88. The van der Waals surface area contributed by atoms with Gasteiger partial charge in [-0.3, -0.25) is 9.59 Å². The molecule has 0 radical (unpaired) electrons. The number of carbonyl (C=O) groups is 2. The first kappa shape index (κ1) is 20.8. The maximum atomic E-state index is 13.6. The van der Waals surface area contributed by atoms with Gasteiger partial charge in [0.1, 0.15) is 5.75 Å². The van der Waals surface area contributed by atoms with E-state index in [0.717, 1.165) is 5.56 Å². The Morgan fingerprint density at radius 1 is 1.19 bits per heavy atom. The number of amides is 2. The van der Waals surface area contributed by atoms with Crippen LogP contribution in [0.5, 0.6) is 23.0 Å². The molecule has 31 heavy (non-hydrogen) atoms. The summed E-state index contributed by atoms with van der Waals surface area (Å²) in [4.78, 5) is 25.5. The number of nitrogens with one attached hydrogen (secondary N) is 1. The minimum Gasteiger partial charge on any atom is -0.497 e. The predicted molar refractivity (Wildman–Crippen MR) is 112 cm³/mol. The highest BCUT2D eigenvalue weighted by atomic mass is 16.7. The molecule has 2 aliphatic heterocycles. The number of benzene rings is 2. The van der Waals surface area contributed by atoms with Crippen molar-refractivity contribution in [3.05, 3.63) is 41.5 Å². The third-order valence-electron chi connectivity index (χ3n) is 5.86. The molecule has 4 rings (SSSR count). The molecule has 2 unspecified atom stereocenters. The standard InChI is InChI=1S/C22H25N3O6/c1-25(11-17(23)26)9-8-13-10-16-20(31-12-30-16)21(29-3)18(13)19(25)22(27)24-14-4-6-15(28-2)7-5-14/h4-7,10,19H,8-9,11-12H2,1-3H3,(H2-,23,24,26,27)/p+1. The van der Waals surface area contributed by atoms with Gasteiger partial charge in [-0.15, -0.1) is 0 Å². The van der Waals surface area contributed by atoms with Crippen LogP contribution in [-0.2, 0) is 16.0 Å². The van der Waals surface area contributed by atoms with E-state index in [1.54, 1.807) is 31.4 Å². The van der Waals surface area contributed by atoms with E-state index in [1.165, 1.54) is 7.11 Å². The van der Waals surface area contributed by atoms with E-state index >= 15 is 0 Å². The molecule has 2 aliphatic rings. The smallest absolute Gasteiger partial charge is 0.287 e. The van der Waals surface area contributed by atoms with Gasteiger partial charge in [0.25, 0.3) is 11.8 Å². The number of ether oxygens (including phenoxy) is 4. The molecule has 0 spiro atoms. The second kappa shape index (κ2) is 7.99. The summed E-state index contributed by atoms with van der Waals surface area (Å²) in [6, 6.07) is 8.21. The molecule has 0 saturated heterocycles. The van der Waals surface area contributed by atoms with Crippen LogP contribution in [-0.4, -0.2) is 57.4 Å². The van der Waals surface area contributed by atoms with E-state index in [0.29, 0.717) is 47.2 Å². The molecule has 0 saturated carbocycles. The number of hydrogen-bond donors (Lipinski definition) is 2. The van der Waals surface area contributed by atoms with Crippen molar-refractivity contribution in [2.24, 2.45) is 5.73 Å². The van der Waals surface area contributed by atoms with Crippen LogP contribution < -0.4 is 30.0 Å². The number of quaternary nitrogens is 1. The fourth-order valence-corrected chi connectivity index (χ4v) is 4.43. The van der Waals surface area contributed by atoms with Crippen molar-refractivity contribution in [2.75, 3.05) is 46.5 Å². The first-order chi connectivity index (χ1) is 14.9. The highest BCUT2D eigenvalue weighted by Gasteiger charge is 2.48. The monoisotopic (exact) mass is 428 g/mol. The summed E-state index contributed by atoms with van der Waals surface area (Å²) in [5, 5.41) is 2.96. The first-order valence-electron chi connectivity index (χ1n) is 9.93. The summed E-state index contributed by atoms with van der Waals surface area (Å²) in [5.41, 5.74) is 7.79. The maximum Gasteiger partial charge on any atom is 0.287 e. The van der Waals surface area contributed by atoms with Gasteiger partial charge in [0.15, 0.2) is 24.1 Å². The number of nitrogens with two attached hydrogens (primary N) is 1. The predicted octanol–water partition coefficient (Wildman–Crippen LogP) is 1.60. The Kier molecular flexibility index (Phi) is 5.36. The molecular weight excluding hydrogens is 402 g/mol. The van der Waals surface area contributed by atoms with Crippen LogP contribution in [0, 0.1) is 0 Å². The minimum atomic E-state index is -0.734. The number of fused-ring (bicyclic) bond motifs is 2. The zero-order valence-electron chi connectivity index (χ0n) is 17.8. The van der Waals surface area contributed by atoms with Crippen molar-refractivity contribution in [1.29, 1.82) is 0 Å². The van der Waals surface area contributed by atoms with Crippen molar-refractivity contribution >= 4 is 17.5 Å². The average Bonchev–Trinajstić information content (AvgIpc) is 3.20. The molecule has 9 nitrogen and oxygen atoms in total. The third kappa shape index (κ3) is 3.72. The van der Waals surface area contributed by atoms with Gasteiger partial charge >= 0.3 is 0 Å². The molecule has 2 heterocycles. The molecule has 0 fully saturated rings. The molecule has 9 heteroatoms. The van der Waals surface area contributed by atoms with Crippen molar-refractivity contribution < 1.29 is 33.0 Å².